The van der Waals surface area contributed by atoms with Crippen molar-refractivity contribution < 1.29 is 0 Å². The van der Waals surface area contributed by atoms with Gasteiger partial charge in [-0.3, -0.25) is 0 Å². The third kappa shape index (κ3) is 2.71. The molecule has 0 unspecified atom stereocenters. The molecule has 0 saturated carbocycles. The molecule has 28 heavy (non-hydrogen) atoms. The summed E-state index contributed by atoms with van der Waals surface area (Å²) in [5, 5.41) is 5.04. The Labute approximate surface area is 166 Å². The average Bonchev–Trinajstić information content (AvgIpc) is 2.72. The number of hydrogen-bond donors (Lipinski definition) is 0. The first-order valence-electron chi connectivity index (χ1n) is 9.59. The number of fused-ring (bicyclic) bond motifs is 2. The van der Waals surface area contributed by atoms with E-state index in [1.807, 2.05) is 12.1 Å². The van der Waals surface area contributed by atoms with E-state index in [0.717, 1.165) is 11.0 Å². The highest BCUT2D eigenvalue weighted by Crippen LogP contribution is 2.43. The molecular weight excluding hydrogens is 335 g/mol. The van der Waals surface area contributed by atoms with Crippen LogP contribution in [0.1, 0.15) is 5.56 Å². The Morgan fingerprint density at radius 2 is 0.964 bits per heavy atom. The Hall–Kier alpha value is -3.32. The molecule has 0 fully saturated rings. The van der Waals surface area contributed by atoms with Gasteiger partial charge in [0.05, 0.1) is 0 Å². The van der Waals surface area contributed by atoms with Crippen LogP contribution in [0.3, 0.4) is 0 Å². The highest BCUT2D eigenvalue weighted by atomic mass is 14.2. The van der Waals surface area contributed by atoms with Crippen molar-refractivity contribution in [2.45, 2.75) is 6.92 Å². The summed E-state index contributed by atoms with van der Waals surface area (Å²) in [6, 6.07) is 34.3. The summed E-state index contributed by atoms with van der Waals surface area (Å²) in [6.07, 6.45) is 0. The molecule has 130 valence electrons. The molecule has 0 spiro atoms. The fraction of sp³-hybridized carbons (Fsp3) is 0.0370. The van der Waals surface area contributed by atoms with E-state index < -0.39 is 0 Å². The summed E-state index contributed by atoms with van der Waals surface area (Å²) in [5.74, 6) is 0. The first-order chi connectivity index (χ1) is 13.7. The van der Waals surface area contributed by atoms with Crippen molar-refractivity contribution >= 4 is 34.9 Å². The Morgan fingerprint density at radius 1 is 0.500 bits per heavy atom. The van der Waals surface area contributed by atoms with E-state index in [1.165, 1.54) is 43.8 Å². The van der Waals surface area contributed by atoms with Gasteiger partial charge in [0.25, 0.3) is 0 Å². The SMILES string of the molecule is [B]c1cccc(-c2c3ccccc3c(-c3cccc(C)c3)c3ccccc23)c1. The van der Waals surface area contributed by atoms with Gasteiger partial charge in [-0.25, -0.2) is 0 Å². The van der Waals surface area contributed by atoms with Gasteiger partial charge in [-0.2, -0.15) is 0 Å². The number of benzene rings is 5. The Kier molecular flexibility index (Phi) is 4.02. The zero-order valence-corrected chi connectivity index (χ0v) is 15.8. The summed E-state index contributed by atoms with van der Waals surface area (Å²) in [4.78, 5) is 0. The molecule has 0 bridgehead atoms. The van der Waals surface area contributed by atoms with Gasteiger partial charge in [-0.1, -0.05) is 108 Å². The maximum atomic E-state index is 6.12. The average molecular weight is 354 g/mol. The smallest absolute Gasteiger partial charge is 0.0961 e. The van der Waals surface area contributed by atoms with Crippen LogP contribution in [0, 0.1) is 6.92 Å². The highest BCUT2D eigenvalue weighted by molar-refractivity contribution is 6.33. The molecule has 0 atom stereocenters. The van der Waals surface area contributed by atoms with Crippen molar-refractivity contribution in [2.75, 3.05) is 0 Å². The van der Waals surface area contributed by atoms with E-state index in [2.05, 4.69) is 91.9 Å². The van der Waals surface area contributed by atoms with E-state index in [9.17, 15) is 0 Å². The zero-order chi connectivity index (χ0) is 19.1. The van der Waals surface area contributed by atoms with Crippen molar-refractivity contribution in [3.63, 3.8) is 0 Å². The second-order valence-corrected chi connectivity index (χ2v) is 7.34. The van der Waals surface area contributed by atoms with Gasteiger partial charge in [-0.05, 0) is 50.7 Å². The molecule has 0 amide bonds. The lowest BCUT2D eigenvalue weighted by atomic mass is 9.84. The van der Waals surface area contributed by atoms with Crippen molar-refractivity contribution in [2.24, 2.45) is 0 Å². The summed E-state index contributed by atoms with van der Waals surface area (Å²) in [5.41, 5.74) is 7.01. The van der Waals surface area contributed by atoms with E-state index >= 15 is 0 Å². The van der Waals surface area contributed by atoms with Gasteiger partial charge >= 0.3 is 0 Å². The minimum atomic E-state index is 0.786. The molecule has 0 aliphatic rings. The minimum Gasteiger partial charge on any atom is -0.0961 e. The molecule has 0 aliphatic heterocycles. The van der Waals surface area contributed by atoms with Crippen LogP contribution in [0.15, 0.2) is 97.1 Å². The monoisotopic (exact) mass is 354 g/mol. The fourth-order valence-electron chi connectivity index (χ4n) is 4.25. The van der Waals surface area contributed by atoms with Crippen molar-refractivity contribution in [1.29, 1.82) is 0 Å². The summed E-state index contributed by atoms with van der Waals surface area (Å²) >= 11 is 0. The third-order valence-electron chi connectivity index (χ3n) is 5.41. The highest BCUT2D eigenvalue weighted by Gasteiger charge is 2.16. The van der Waals surface area contributed by atoms with Crippen LogP contribution in [0.2, 0.25) is 0 Å². The minimum absolute atomic E-state index is 0.786. The van der Waals surface area contributed by atoms with Gasteiger partial charge in [0, 0.05) is 0 Å². The van der Waals surface area contributed by atoms with Crippen LogP contribution >= 0.6 is 0 Å². The molecule has 0 saturated heterocycles. The van der Waals surface area contributed by atoms with Crippen LogP contribution < -0.4 is 5.46 Å². The standard InChI is InChI=1S/C27H19B/c1-18-8-6-9-19(16-18)26-22-12-2-4-14-24(22)27(20-10-7-11-21(28)17-20)25-15-5-3-13-23(25)26/h2-17H,1H3. The molecule has 2 radical (unpaired) electrons. The predicted octanol–water partition coefficient (Wildman–Crippen LogP) is 6.43. The lowest BCUT2D eigenvalue weighted by Crippen LogP contribution is -2.01. The third-order valence-corrected chi connectivity index (χ3v) is 5.41. The van der Waals surface area contributed by atoms with Gasteiger partial charge in [0.1, 0.15) is 7.85 Å². The fourth-order valence-corrected chi connectivity index (χ4v) is 4.25. The predicted molar refractivity (Wildman–Crippen MR) is 122 cm³/mol. The summed E-state index contributed by atoms with van der Waals surface area (Å²) < 4.78 is 0. The van der Waals surface area contributed by atoms with Gasteiger partial charge in [0.15, 0.2) is 0 Å². The van der Waals surface area contributed by atoms with Gasteiger partial charge in [0.2, 0.25) is 0 Å². The van der Waals surface area contributed by atoms with Crippen LogP contribution in [0.4, 0.5) is 0 Å². The lowest BCUT2D eigenvalue weighted by molar-refractivity contribution is 1.47. The van der Waals surface area contributed by atoms with Crippen LogP contribution in [-0.2, 0) is 0 Å². The number of rotatable bonds is 2. The number of aryl methyl sites for hydroxylation is 1. The Bertz CT molecular complexity index is 1170. The summed E-state index contributed by atoms with van der Waals surface area (Å²) in [7, 11) is 6.12. The molecule has 5 rings (SSSR count). The van der Waals surface area contributed by atoms with Gasteiger partial charge in [-0.15, -0.1) is 0 Å². The lowest BCUT2D eigenvalue weighted by Gasteiger charge is -2.18. The van der Waals surface area contributed by atoms with Crippen LogP contribution in [0.25, 0.3) is 43.8 Å². The number of hydrogen-bond acceptors (Lipinski definition) is 0. The van der Waals surface area contributed by atoms with Crippen LogP contribution in [0.5, 0.6) is 0 Å². The van der Waals surface area contributed by atoms with Gasteiger partial charge < -0.3 is 0 Å². The van der Waals surface area contributed by atoms with Crippen molar-refractivity contribution in [3.05, 3.63) is 103 Å². The Balaban J connectivity index is 2.00. The molecule has 0 aromatic heterocycles. The largest absolute Gasteiger partial charge is 0.113 e. The molecule has 5 aromatic carbocycles. The second kappa shape index (κ2) is 6.69. The topological polar surface area (TPSA) is 0 Å². The summed E-state index contributed by atoms with van der Waals surface area (Å²) in [6.45, 7) is 2.15. The Morgan fingerprint density at radius 3 is 1.43 bits per heavy atom. The van der Waals surface area contributed by atoms with E-state index in [-0.39, 0.29) is 0 Å². The quantitative estimate of drug-likeness (QED) is 0.253. The zero-order valence-electron chi connectivity index (χ0n) is 15.8. The molecule has 1 heteroatoms. The normalized spacial score (nSPS) is 11.2. The van der Waals surface area contributed by atoms with E-state index in [1.54, 1.807) is 0 Å². The van der Waals surface area contributed by atoms with Crippen LogP contribution in [-0.4, -0.2) is 7.85 Å². The molecule has 5 aromatic rings. The molecule has 0 heterocycles. The second-order valence-electron chi connectivity index (χ2n) is 7.34. The molecule has 0 N–H and O–H groups in total. The molecular formula is C27H19B. The maximum Gasteiger partial charge on any atom is 0.113 e. The van der Waals surface area contributed by atoms with Crippen molar-refractivity contribution in [1.82, 2.24) is 0 Å². The van der Waals surface area contributed by atoms with Crippen molar-refractivity contribution in [3.8, 4) is 22.3 Å². The maximum absolute atomic E-state index is 6.12. The molecule has 0 nitrogen and oxygen atoms in total. The molecule has 0 aliphatic carbocycles. The van der Waals surface area contributed by atoms with E-state index in [4.69, 9.17) is 7.85 Å². The van der Waals surface area contributed by atoms with E-state index in [0.29, 0.717) is 0 Å². The first kappa shape index (κ1) is 16.8. The first-order valence-corrected chi connectivity index (χ1v) is 9.59.